The molecule has 12 heavy (non-hydrogen) atoms. The summed E-state index contributed by atoms with van der Waals surface area (Å²) in [6.07, 6.45) is 2.14. The highest BCUT2D eigenvalue weighted by molar-refractivity contribution is 5.80. The maximum atomic E-state index is 10.7. The molecule has 0 amide bonds. The Labute approximate surface area is 68.0 Å². The van der Waals surface area contributed by atoms with Crippen LogP contribution in [0.1, 0.15) is 17.7 Å². The number of aromatic nitrogens is 2. The third-order valence-corrected chi connectivity index (χ3v) is 2.25. The molecule has 1 heterocycles. The van der Waals surface area contributed by atoms with E-state index in [0.29, 0.717) is 12.0 Å². The fourth-order valence-corrected chi connectivity index (χ4v) is 1.52. The first kappa shape index (κ1) is 7.30. The van der Waals surface area contributed by atoms with Crippen molar-refractivity contribution in [3.05, 3.63) is 17.5 Å². The second-order valence-electron chi connectivity index (χ2n) is 2.93. The van der Waals surface area contributed by atoms with E-state index in [2.05, 4.69) is 10.2 Å². The molecular weight excluding hydrogens is 160 g/mol. The van der Waals surface area contributed by atoms with E-state index in [1.807, 2.05) is 0 Å². The molecule has 5 heteroatoms. The Hall–Kier alpha value is -1.36. The van der Waals surface area contributed by atoms with Gasteiger partial charge in [-0.2, -0.15) is 5.10 Å². The van der Waals surface area contributed by atoms with Gasteiger partial charge in [-0.1, -0.05) is 0 Å². The average Bonchev–Trinajstić information content (AvgIpc) is 2.54. The molecule has 64 valence electrons. The standard InChI is InChI=1S/C7H8N2O3/c10-6(11)7(12)2-1-5-4(7)3-8-9-5/h3,12H,1-2H2,(H,8,9)(H,10,11). The molecule has 0 fully saturated rings. The summed E-state index contributed by atoms with van der Waals surface area (Å²) in [5.74, 6) is -1.21. The summed E-state index contributed by atoms with van der Waals surface area (Å²) in [4.78, 5) is 10.7. The maximum Gasteiger partial charge on any atom is 0.340 e. The largest absolute Gasteiger partial charge is 0.479 e. The highest BCUT2D eigenvalue weighted by atomic mass is 16.4. The molecule has 0 aliphatic heterocycles. The van der Waals surface area contributed by atoms with E-state index in [1.54, 1.807) is 0 Å². The van der Waals surface area contributed by atoms with Crippen LogP contribution in [0.5, 0.6) is 0 Å². The Morgan fingerprint density at radius 3 is 3.17 bits per heavy atom. The van der Waals surface area contributed by atoms with E-state index in [9.17, 15) is 9.90 Å². The van der Waals surface area contributed by atoms with Crippen molar-refractivity contribution < 1.29 is 15.0 Å². The van der Waals surface area contributed by atoms with Gasteiger partial charge in [-0.3, -0.25) is 5.10 Å². The van der Waals surface area contributed by atoms with Crippen LogP contribution in [-0.4, -0.2) is 26.4 Å². The second-order valence-corrected chi connectivity index (χ2v) is 2.93. The van der Waals surface area contributed by atoms with Crippen LogP contribution in [0, 0.1) is 0 Å². The number of fused-ring (bicyclic) bond motifs is 1. The van der Waals surface area contributed by atoms with Crippen molar-refractivity contribution in [3.8, 4) is 0 Å². The van der Waals surface area contributed by atoms with Gasteiger partial charge in [0.1, 0.15) is 0 Å². The molecule has 0 aromatic carbocycles. The van der Waals surface area contributed by atoms with Gasteiger partial charge in [0.2, 0.25) is 0 Å². The van der Waals surface area contributed by atoms with E-state index >= 15 is 0 Å². The molecule has 0 bridgehead atoms. The minimum Gasteiger partial charge on any atom is -0.479 e. The molecule has 0 spiro atoms. The van der Waals surface area contributed by atoms with Gasteiger partial charge < -0.3 is 10.2 Å². The normalized spacial score (nSPS) is 27.1. The number of rotatable bonds is 1. The number of H-pyrrole nitrogens is 1. The molecule has 1 aromatic heterocycles. The van der Waals surface area contributed by atoms with Crippen molar-refractivity contribution in [2.45, 2.75) is 18.4 Å². The summed E-state index contributed by atoms with van der Waals surface area (Å²) >= 11 is 0. The summed E-state index contributed by atoms with van der Waals surface area (Å²) in [6, 6.07) is 0. The Morgan fingerprint density at radius 2 is 2.50 bits per heavy atom. The molecular formula is C7H8N2O3. The molecule has 5 nitrogen and oxygen atoms in total. The third-order valence-electron chi connectivity index (χ3n) is 2.25. The molecule has 2 rings (SSSR count). The molecule has 0 saturated heterocycles. The maximum absolute atomic E-state index is 10.7. The fraction of sp³-hybridized carbons (Fsp3) is 0.429. The number of carboxylic acid groups (broad SMARTS) is 1. The van der Waals surface area contributed by atoms with E-state index in [-0.39, 0.29) is 6.42 Å². The van der Waals surface area contributed by atoms with Crippen LogP contribution < -0.4 is 0 Å². The van der Waals surface area contributed by atoms with Crippen LogP contribution in [0.3, 0.4) is 0 Å². The topological polar surface area (TPSA) is 86.2 Å². The molecule has 1 aliphatic rings. The van der Waals surface area contributed by atoms with Gasteiger partial charge >= 0.3 is 5.97 Å². The van der Waals surface area contributed by atoms with Crippen molar-refractivity contribution in [2.24, 2.45) is 0 Å². The number of aryl methyl sites for hydroxylation is 1. The predicted octanol–water partition coefficient (Wildman–Crippen LogP) is -0.372. The quantitative estimate of drug-likeness (QED) is 0.534. The van der Waals surface area contributed by atoms with Gasteiger partial charge in [0.05, 0.1) is 6.20 Å². The first-order valence-electron chi connectivity index (χ1n) is 3.63. The summed E-state index contributed by atoms with van der Waals surface area (Å²) in [6.45, 7) is 0. The second kappa shape index (κ2) is 2.07. The first-order valence-corrected chi connectivity index (χ1v) is 3.63. The number of aliphatic hydroxyl groups is 1. The molecule has 3 N–H and O–H groups in total. The van der Waals surface area contributed by atoms with Gasteiger partial charge in [-0.05, 0) is 12.8 Å². The molecule has 1 atom stereocenters. The van der Waals surface area contributed by atoms with Crippen LogP contribution in [0.4, 0.5) is 0 Å². The van der Waals surface area contributed by atoms with Crippen molar-refractivity contribution in [1.82, 2.24) is 10.2 Å². The lowest BCUT2D eigenvalue weighted by atomic mass is 9.99. The Balaban J connectivity index is 2.51. The zero-order valence-corrected chi connectivity index (χ0v) is 6.24. The number of carbonyl (C=O) groups is 1. The zero-order chi connectivity index (χ0) is 8.77. The molecule has 0 saturated carbocycles. The number of hydrogen-bond donors (Lipinski definition) is 3. The van der Waals surface area contributed by atoms with Gasteiger partial charge in [0, 0.05) is 11.3 Å². The number of hydrogen-bond acceptors (Lipinski definition) is 3. The van der Waals surface area contributed by atoms with Crippen LogP contribution in [-0.2, 0) is 16.8 Å². The van der Waals surface area contributed by atoms with E-state index in [4.69, 9.17) is 5.11 Å². The van der Waals surface area contributed by atoms with Crippen LogP contribution >= 0.6 is 0 Å². The van der Waals surface area contributed by atoms with E-state index < -0.39 is 11.6 Å². The highest BCUT2D eigenvalue weighted by Gasteiger charge is 2.45. The van der Waals surface area contributed by atoms with Crippen LogP contribution in [0.25, 0.3) is 0 Å². The lowest BCUT2D eigenvalue weighted by Gasteiger charge is -2.15. The van der Waals surface area contributed by atoms with Gasteiger partial charge in [0.15, 0.2) is 5.60 Å². The van der Waals surface area contributed by atoms with Crippen LogP contribution in [0.2, 0.25) is 0 Å². The SMILES string of the molecule is O=C(O)C1(O)CCc2[nH]ncc21. The fourth-order valence-electron chi connectivity index (χ4n) is 1.52. The highest BCUT2D eigenvalue weighted by Crippen LogP contribution is 2.35. The van der Waals surface area contributed by atoms with E-state index in [1.165, 1.54) is 6.20 Å². The first-order chi connectivity index (χ1) is 5.64. The Bertz CT molecular complexity index is 333. The predicted molar refractivity (Wildman–Crippen MR) is 38.4 cm³/mol. The number of aliphatic carboxylic acids is 1. The minimum absolute atomic E-state index is 0.228. The zero-order valence-electron chi connectivity index (χ0n) is 6.24. The summed E-state index contributed by atoms with van der Waals surface area (Å²) in [5.41, 5.74) is -0.600. The van der Waals surface area contributed by atoms with E-state index in [0.717, 1.165) is 5.69 Å². The molecule has 1 aromatic rings. The van der Waals surface area contributed by atoms with Crippen molar-refractivity contribution in [2.75, 3.05) is 0 Å². The lowest BCUT2D eigenvalue weighted by molar-refractivity contribution is -0.159. The number of nitrogens with zero attached hydrogens (tertiary/aromatic N) is 1. The Morgan fingerprint density at radius 1 is 1.75 bits per heavy atom. The molecule has 1 unspecified atom stereocenters. The minimum atomic E-state index is -1.72. The molecule has 0 radical (unpaired) electrons. The monoisotopic (exact) mass is 168 g/mol. The number of carboxylic acids is 1. The van der Waals surface area contributed by atoms with Crippen molar-refractivity contribution >= 4 is 5.97 Å². The van der Waals surface area contributed by atoms with Gasteiger partial charge in [-0.15, -0.1) is 0 Å². The average molecular weight is 168 g/mol. The Kier molecular flexibility index (Phi) is 1.26. The van der Waals surface area contributed by atoms with Gasteiger partial charge in [-0.25, -0.2) is 4.79 Å². The number of nitrogens with one attached hydrogen (secondary N) is 1. The van der Waals surface area contributed by atoms with Crippen molar-refractivity contribution in [3.63, 3.8) is 0 Å². The van der Waals surface area contributed by atoms with Gasteiger partial charge in [0.25, 0.3) is 0 Å². The summed E-state index contributed by atoms with van der Waals surface area (Å²) < 4.78 is 0. The third kappa shape index (κ3) is 0.711. The lowest BCUT2D eigenvalue weighted by Crippen LogP contribution is -2.32. The summed E-state index contributed by atoms with van der Waals surface area (Å²) in [5, 5.41) is 24.7. The summed E-state index contributed by atoms with van der Waals surface area (Å²) in [7, 11) is 0. The van der Waals surface area contributed by atoms with Crippen LogP contribution in [0.15, 0.2) is 6.20 Å². The molecule has 1 aliphatic carbocycles. The van der Waals surface area contributed by atoms with Crippen molar-refractivity contribution in [1.29, 1.82) is 0 Å². The smallest absolute Gasteiger partial charge is 0.340 e. The number of aromatic amines is 1.